The molecule has 0 aliphatic carbocycles. The molecule has 0 fully saturated rings. The van der Waals surface area contributed by atoms with E-state index in [2.05, 4.69) is 26.1 Å². The van der Waals surface area contributed by atoms with Crippen LogP contribution >= 0.6 is 11.6 Å². The minimum absolute atomic E-state index is 0.627. The smallest absolute Gasteiger partial charge is 0.0224 e. The molecule has 1 nitrogen and oxygen atoms in total. The molecular formula is C10H22ClN. The van der Waals surface area contributed by atoms with Gasteiger partial charge in [0.05, 0.1) is 0 Å². The second-order valence-corrected chi connectivity index (χ2v) is 4.25. The fourth-order valence-corrected chi connectivity index (χ4v) is 1.26. The van der Waals surface area contributed by atoms with E-state index in [0.717, 1.165) is 24.8 Å². The molecule has 0 heterocycles. The molecule has 0 aromatic carbocycles. The van der Waals surface area contributed by atoms with Gasteiger partial charge in [-0.2, -0.15) is 0 Å². The Morgan fingerprint density at radius 3 is 2.33 bits per heavy atom. The van der Waals surface area contributed by atoms with Gasteiger partial charge in [0.25, 0.3) is 0 Å². The van der Waals surface area contributed by atoms with E-state index >= 15 is 0 Å². The van der Waals surface area contributed by atoms with Gasteiger partial charge in [0.1, 0.15) is 0 Å². The number of alkyl halides is 1. The highest BCUT2D eigenvalue weighted by atomic mass is 35.5. The second-order valence-electron chi connectivity index (χ2n) is 3.87. The minimum Gasteiger partial charge on any atom is -0.314 e. The van der Waals surface area contributed by atoms with E-state index in [-0.39, 0.29) is 0 Å². The maximum Gasteiger partial charge on any atom is 0.0224 e. The molecule has 0 rings (SSSR count). The molecule has 0 bridgehead atoms. The molecule has 1 unspecified atom stereocenters. The molecule has 2 heteroatoms. The summed E-state index contributed by atoms with van der Waals surface area (Å²) in [5, 5.41) is 3.49. The van der Waals surface area contributed by atoms with Crippen molar-refractivity contribution < 1.29 is 0 Å². The molecule has 1 atom stereocenters. The summed E-state index contributed by atoms with van der Waals surface area (Å²) in [6, 6.07) is 0.627. The Kier molecular flexibility index (Phi) is 8.04. The Morgan fingerprint density at radius 2 is 1.83 bits per heavy atom. The molecule has 0 aromatic rings. The summed E-state index contributed by atoms with van der Waals surface area (Å²) in [6.07, 6.45) is 3.59. The van der Waals surface area contributed by atoms with Gasteiger partial charge in [-0.05, 0) is 38.6 Å². The normalized spacial score (nSPS) is 13.8. The summed E-state index contributed by atoms with van der Waals surface area (Å²) < 4.78 is 0. The van der Waals surface area contributed by atoms with Crippen LogP contribution in [0.5, 0.6) is 0 Å². The van der Waals surface area contributed by atoms with Crippen LogP contribution in [0.4, 0.5) is 0 Å². The zero-order chi connectivity index (χ0) is 9.40. The Morgan fingerprint density at radius 1 is 1.17 bits per heavy atom. The molecule has 12 heavy (non-hydrogen) atoms. The molecule has 0 amide bonds. The van der Waals surface area contributed by atoms with Crippen LogP contribution in [0, 0.1) is 5.92 Å². The highest BCUT2D eigenvalue weighted by Crippen LogP contribution is 2.00. The summed E-state index contributed by atoms with van der Waals surface area (Å²) in [5.74, 6) is 1.59. The Hall–Kier alpha value is 0.250. The van der Waals surface area contributed by atoms with Crippen LogP contribution in [0.3, 0.4) is 0 Å². The van der Waals surface area contributed by atoms with Gasteiger partial charge >= 0.3 is 0 Å². The molecule has 0 spiro atoms. The van der Waals surface area contributed by atoms with Crippen molar-refractivity contribution in [1.82, 2.24) is 5.32 Å². The number of hydrogen-bond donors (Lipinski definition) is 1. The lowest BCUT2D eigenvalue weighted by Gasteiger charge is -2.13. The standard InChI is InChI=1S/C10H22ClN/c1-9(2)6-8-12-10(3)5-4-7-11/h9-10,12H,4-8H2,1-3H3. The van der Waals surface area contributed by atoms with Gasteiger partial charge < -0.3 is 5.32 Å². The largest absolute Gasteiger partial charge is 0.314 e. The number of nitrogens with one attached hydrogen (secondary N) is 1. The summed E-state index contributed by atoms with van der Waals surface area (Å²) in [4.78, 5) is 0. The summed E-state index contributed by atoms with van der Waals surface area (Å²) in [6.45, 7) is 7.88. The number of rotatable bonds is 7. The molecule has 0 saturated carbocycles. The van der Waals surface area contributed by atoms with Crippen LogP contribution in [0.1, 0.15) is 40.0 Å². The van der Waals surface area contributed by atoms with Gasteiger partial charge in [0.15, 0.2) is 0 Å². The summed E-state index contributed by atoms with van der Waals surface area (Å²) >= 11 is 5.60. The molecular weight excluding hydrogens is 170 g/mol. The van der Waals surface area contributed by atoms with E-state index < -0.39 is 0 Å². The monoisotopic (exact) mass is 191 g/mol. The van der Waals surface area contributed by atoms with E-state index in [9.17, 15) is 0 Å². The van der Waals surface area contributed by atoms with Gasteiger partial charge in [-0.25, -0.2) is 0 Å². The van der Waals surface area contributed by atoms with Crippen molar-refractivity contribution in [3.63, 3.8) is 0 Å². The average molecular weight is 192 g/mol. The van der Waals surface area contributed by atoms with Crippen LogP contribution in [0.2, 0.25) is 0 Å². The predicted molar refractivity (Wildman–Crippen MR) is 56.9 cm³/mol. The lowest BCUT2D eigenvalue weighted by molar-refractivity contribution is 0.467. The molecule has 0 saturated heterocycles. The third-order valence-electron chi connectivity index (χ3n) is 1.99. The van der Waals surface area contributed by atoms with Crippen LogP contribution in [-0.2, 0) is 0 Å². The molecule has 0 aliphatic heterocycles. The van der Waals surface area contributed by atoms with Gasteiger partial charge in [-0.15, -0.1) is 11.6 Å². The first kappa shape index (κ1) is 12.2. The predicted octanol–water partition coefficient (Wildman–Crippen LogP) is 3.03. The first-order valence-corrected chi connectivity index (χ1v) is 5.49. The molecule has 0 radical (unpaired) electrons. The van der Waals surface area contributed by atoms with E-state index in [1.165, 1.54) is 12.8 Å². The van der Waals surface area contributed by atoms with E-state index in [0.29, 0.717) is 6.04 Å². The van der Waals surface area contributed by atoms with Gasteiger partial charge in [-0.3, -0.25) is 0 Å². The first-order chi connectivity index (χ1) is 5.66. The zero-order valence-electron chi connectivity index (χ0n) is 8.57. The lowest BCUT2D eigenvalue weighted by Crippen LogP contribution is -2.27. The third kappa shape index (κ3) is 8.35. The number of hydrogen-bond acceptors (Lipinski definition) is 1. The fraction of sp³-hybridized carbons (Fsp3) is 1.00. The van der Waals surface area contributed by atoms with Crippen molar-refractivity contribution in [1.29, 1.82) is 0 Å². The van der Waals surface area contributed by atoms with Crippen LogP contribution in [-0.4, -0.2) is 18.5 Å². The van der Waals surface area contributed by atoms with Gasteiger partial charge in [-0.1, -0.05) is 13.8 Å². The Balaban J connectivity index is 3.13. The minimum atomic E-state index is 0.627. The summed E-state index contributed by atoms with van der Waals surface area (Å²) in [7, 11) is 0. The highest BCUT2D eigenvalue weighted by Gasteiger charge is 2.00. The lowest BCUT2D eigenvalue weighted by atomic mass is 10.1. The van der Waals surface area contributed by atoms with Gasteiger partial charge in [0, 0.05) is 11.9 Å². The van der Waals surface area contributed by atoms with Crippen molar-refractivity contribution in [3.8, 4) is 0 Å². The average Bonchev–Trinajstić information content (AvgIpc) is 2.00. The Bertz CT molecular complexity index is 93.8. The van der Waals surface area contributed by atoms with Crippen molar-refractivity contribution in [2.24, 2.45) is 5.92 Å². The van der Waals surface area contributed by atoms with E-state index in [4.69, 9.17) is 11.6 Å². The van der Waals surface area contributed by atoms with E-state index in [1.807, 2.05) is 0 Å². The topological polar surface area (TPSA) is 12.0 Å². The zero-order valence-corrected chi connectivity index (χ0v) is 9.32. The van der Waals surface area contributed by atoms with Gasteiger partial charge in [0.2, 0.25) is 0 Å². The maximum atomic E-state index is 5.60. The Labute approximate surface area is 81.9 Å². The SMILES string of the molecule is CC(C)CCNC(C)CCCCl. The van der Waals surface area contributed by atoms with E-state index in [1.54, 1.807) is 0 Å². The van der Waals surface area contributed by atoms with Crippen LogP contribution in [0.25, 0.3) is 0 Å². The quantitative estimate of drug-likeness (QED) is 0.611. The molecule has 0 aromatic heterocycles. The third-order valence-corrected chi connectivity index (χ3v) is 2.25. The second kappa shape index (κ2) is 7.88. The molecule has 0 aliphatic rings. The molecule has 1 N–H and O–H groups in total. The highest BCUT2D eigenvalue weighted by molar-refractivity contribution is 6.17. The van der Waals surface area contributed by atoms with Crippen molar-refractivity contribution in [3.05, 3.63) is 0 Å². The van der Waals surface area contributed by atoms with Crippen LogP contribution in [0.15, 0.2) is 0 Å². The fourth-order valence-electron chi connectivity index (χ4n) is 1.10. The van der Waals surface area contributed by atoms with Crippen LogP contribution < -0.4 is 5.32 Å². The maximum absolute atomic E-state index is 5.60. The first-order valence-electron chi connectivity index (χ1n) is 4.96. The van der Waals surface area contributed by atoms with Crippen molar-refractivity contribution >= 4 is 11.6 Å². The summed E-state index contributed by atoms with van der Waals surface area (Å²) in [5.41, 5.74) is 0. The molecule has 74 valence electrons. The van der Waals surface area contributed by atoms with Crippen molar-refractivity contribution in [2.45, 2.75) is 46.1 Å². The number of halogens is 1. The van der Waals surface area contributed by atoms with Crippen molar-refractivity contribution in [2.75, 3.05) is 12.4 Å².